The number of methoxy groups -OCH3 is 1. The minimum absolute atomic E-state index is 0.199. The zero-order valence-corrected chi connectivity index (χ0v) is 14.2. The number of rotatable bonds is 7. The van der Waals surface area contributed by atoms with Crippen LogP contribution in [0.4, 0.5) is 0 Å². The molecule has 2 heterocycles. The molecule has 1 fully saturated rings. The van der Waals surface area contributed by atoms with Gasteiger partial charge in [-0.05, 0) is 54.1 Å². The van der Waals surface area contributed by atoms with Crippen LogP contribution in [0.25, 0.3) is 5.69 Å². The van der Waals surface area contributed by atoms with E-state index in [1.54, 1.807) is 19.2 Å². The molecule has 1 unspecified atom stereocenters. The molecule has 1 aliphatic rings. The molecule has 9 nitrogen and oxygen atoms in total. The third kappa shape index (κ3) is 3.61. The van der Waals surface area contributed by atoms with Gasteiger partial charge in [0.05, 0.1) is 22.7 Å². The third-order valence-electron chi connectivity index (χ3n) is 4.11. The van der Waals surface area contributed by atoms with Crippen molar-refractivity contribution in [3.05, 3.63) is 30.6 Å². The second kappa shape index (κ2) is 6.93. The van der Waals surface area contributed by atoms with Gasteiger partial charge in [0.15, 0.2) is 0 Å². The van der Waals surface area contributed by atoms with Crippen LogP contribution in [0.15, 0.2) is 35.5 Å². The van der Waals surface area contributed by atoms with Gasteiger partial charge in [-0.3, -0.25) is 0 Å². The lowest BCUT2D eigenvalue weighted by Crippen LogP contribution is -2.52. The lowest BCUT2D eigenvalue weighted by molar-refractivity contribution is 0.122. The number of sulfonamides is 1. The molecule has 130 valence electrons. The first-order valence-electron chi connectivity index (χ1n) is 7.62. The van der Waals surface area contributed by atoms with Gasteiger partial charge in [-0.15, -0.1) is 5.10 Å². The summed E-state index contributed by atoms with van der Waals surface area (Å²) in [7, 11) is -1.98. The van der Waals surface area contributed by atoms with Crippen LogP contribution in [-0.4, -0.2) is 61.0 Å². The molecule has 0 aliphatic carbocycles. The second-order valence-corrected chi connectivity index (χ2v) is 7.58. The topological polar surface area (TPSA) is 111 Å². The molecule has 24 heavy (non-hydrogen) atoms. The van der Waals surface area contributed by atoms with E-state index in [0.29, 0.717) is 12.3 Å². The molecule has 2 aromatic rings. The Hall–Kier alpha value is -1.88. The number of hydrogen-bond donors (Lipinski definition) is 2. The summed E-state index contributed by atoms with van der Waals surface area (Å²) in [4.78, 5) is 0.199. The normalized spacial score (nSPS) is 21.2. The number of hydrogen-bond acceptors (Lipinski definition) is 7. The van der Waals surface area contributed by atoms with E-state index in [-0.39, 0.29) is 17.0 Å². The van der Waals surface area contributed by atoms with Crippen molar-refractivity contribution in [2.45, 2.75) is 23.3 Å². The van der Waals surface area contributed by atoms with Crippen molar-refractivity contribution in [2.24, 2.45) is 0 Å². The number of aromatic nitrogens is 4. The Kier molecular flexibility index (Phi) is 4.90. The highest BCUT2D eigenvalue weighted by Crippen LogP contribution is 2.20. The fourth-order valence-electron chi connectivity index (χ4n) is 2.84. The van der Waals surface area contributed by atoms with Crippen molar-refractivity contribution in [1.82, 2.24) is 30.2 Å². The van der Waals surface area contributed by atoms with Crippen LogP contribution < -0.4 is 10.0 Å². The molecule has 0 bridgehead atoms. The molecule has 1 aromatic heterocycles. The van der Waals surface area contributed by atoms with Gasteiger partial charge in [-0.25, -0.2) is 17.8 Å². The molecule has 1 atom stereocenters. The highest BCUT2D eigenvalue weighted by molar-refractivity contribution is 7.89. The molecule has 1 aromatic carbocycles. The van der Waals surface area contributed by atoms with Gasteiger partial charge in [0.1, 0.15) is 6.33 Å². The Morgan fingerprint density at radius 2 is 2.17 bits per heavy atom. The van der Waals surface area contributed by atoms with Gasteiger partial charge in [0.25, 0.3) is 0 Å². The first-order chi connectivity index (χ1) is 11.5. The van der Waals surface area contributed by atoms with E-state index in [9.17, 15) is 8.42 Å². The summed E-state index contributed by atoms with van der Waals surface area (Å²) in [5.74, 6) is 0. The summed E-state index contributed by atoms with van der Waals surface area (Å²) >= 11 is 0. The van der Waals surface area contributed by atoms with Crippen LogP contribution in [-0.2, 0) is 14.8 Å². The summed E-state index contributed by atoms with van der Waals surface area (Å²) < 4.78 is 34.4. The molecular weight excluding hydrogens is 332 g/mol. The van der Waals surface area contributed by atoms with E-state index < -0.39 is 10.0 Å². The molecule has 10 heteroatoms. The predicted molar refractivity (Wildman–Crippen MR) is 86.2 cm³/mol. The van der Waals surface area contributed by atoms with Gasteiger partial charge >= 0.3 is 0 Å². The van der Waals surface area contributed by atoms with E-state index in [2.05, 4.69) is 25.6 Å². The smallest absolute Gasteiger partial charge is 0.240 e. The highest BCUT2D eigenvalue weighted by atomic mass is 32.2. The molecule has 3 rings (SSSR count). The lowest BCUT2D eigenvalue weighted by Gasteiger charge is -2.28. The maximum absolute atomic E-state index is 12.5. The Balaban J connectivity index is 1.71. The van der Waals surface area contributed by atoms with Gasteiger partial charge in [0, 0.05) is 13.7 Å². The fourth-order valence-corrected chi connectivity index (χ4v) is 3.97. The van der Waals surface area contributed by atoms with Crippen molar-refractivity contribution >= 4 is 10.0 Å². The Morgan fingerprint density at radius 3 is 2.75 bits per heavy atom. The van der Waals surface area contributed by atoms with E-state index in [4.69, 9.17) is 4.74 Å². The summed E-state index contributed by atoms with van der Waals surface area (Å²) in [6, 6.07) is 6.38. The molecule has 0 radical (unpaired) electrons. The van der Waals surface area contributed by atoms with Gasteiger partial charge in [0.2, 0.25) is 10.0 Å². The SMILES string of the molecule is COCC1(CNS(=O)(=O)c2ccc(-n3cnnn3)cc2)CCCN1. The van der Waals surface area contributed by atoms with E-state index in [0.717, 1.165) is 19.4 Å². The molecule has 1 aliphatic heterocycles. The second-order valence-electron chi connectivity index (χ2n) is 5.82. The van der Waals surface area contributed by atoms with E-state index >= 15 is 0 Å². The van der Waals surface area contributed by atoms with Crippen molar-refractivity contribution in [2.75, 3.05) is 26.8 Å². The molecule has 2 N–H and O–H groups in total. The molecular formula is C14H20N6O3S. The molecule has 0 saturated carbocycles. The quantitative estimate of drug-likeness (QED) is 0.704. The summed E-state index contributed by atoms with van der Waals surface area (Å²) in [5.41, 5.74) is 0.348. The zero-order valence-electron chi connectivity index (χ0n) is 13.3. The number of nitrogens with one attached hydrogen (secondary N) is 2. The van der Waals surface area contributed by atoms with Crippen molar-refractivity contribution < 1.29 is 13.2 Å². The van der Waals surface area contributed by atoms with Crippen LogP contribution in [0, 0.1) is 0 Å². The predicted octanol–water partition coefficient (Wildman–Crippen LogP) is -0.291. The van der Waals surface area contributed by atoms with E-state index in [1.165, 1.54) is 23.1 Å². The Bertz CT molecular complexity index is 754. The van der Waals surface area contributed by atoms with Crippen molar-refractivity contribution in [1.29, 1.82) is 0 Å². The molecule has 0 spiro atoms. The lowest BCUT2D eigenvalue weighted by atomic mass is 9.99. The first-order valence-corrected chi connectivity index (χ1v) is 9.10. The first kappa shape index (κ1) is 17.0. The summed E-state index contributed by atoms with van der Waals surface area (Å²) in [6.07, 6.45) is 3.33. The monoisotopic (exact) mass is 352 g/mol. The number of ether oxygens (including phenoxy) is 1. The van der Waals surface area contributed by atoms with Crippen LogP contribution in [0.5, 0.6) is 0 Å². The van der Waals surface area contributed by atoms with Crippen LogP contribution in [0.3, 0.4) is 0 Å². The largest absolute Gasteiger partial charge is 0.383 e. The highest BCUT2D eigenvalue weighted by Gasteiger charge is 2.34. The van der Waals surface area contributed by atoms with E-state index in [1.807, 2.05) is 0 Å². The zero-order chi connectivity index (χ0) is 17.0. The van der Waals surface area contributed by atoms with Gasteiger partial charge in [-0.2, -0.15) is 0 Å². The average molecular weight is 352 g/mol. The summed E-state index contributed by atoms with van der Waals surface area (Å²) in [6.45, 7) is 1.62. The van der Waals surface area contributed by atoms with Crippen LogP contribution in [0.1, 0.15) is 12.8 Å². The third-order valence-corrected chi connectivity index (χ3v) is 5.53. The van der Waals surface area contributed by atoms with Crippen molar-refractivity contribution in [3.8, 4) is 5.69 Å². The minimum atomic E-state index is -3.60. The number of nitrogens with zero attached hydrogens (tertiary/aromatic N) is 4. The van der Waals surface area contributed by atoms with Gasteiger partial charge in [-0.1, -0.05) is 0 Å². The Labute approximate surface area is 140 Å². The minimum Gasteiger partial charge on any atom is -0.383 e. The Morgan fingerprint density at radius 1 is 1.38 bits per heavy atom. The molecule has 1 saturated heterocycles. The number of tetrazole rings is 1. The van der Waals surface area contributed by atoms with Crippen LogP contribution in [0.2, 0.25) is 0 Å². The standard InChI is InChI=1S/C14H20N6O3S/c1-23-10-14(7-2-8-15-14)9-17-24(21,22)13-5-3-12(4-6-13)20-11-16-18-19-20/h3-6,11,15,17H,2,7-10H2,1H3. The van der Waals surface area contributed by atoms with Crippen molar-refractivity contribution in [3.63, 3.8) is 0 Å². The molecule has 0 amide bonds. The average Bonchev–Trinajstić information content (AvgIpc) is 3.26. The fraction of sp³-hybridized carbons (Fsp3) is 0.500. The summed E-state index contributed by atoms with van der Waals surface area (Å²) in [5, 5.41) is 14.2. The maximum Gasteiger partial charge on any atom is 0.240 e. The maximum atomic E-state index is 12.5. The number of benzene rings is 1. The van der Waals surface area contributed by atoms with Crippen LogP contribution >= 0.6 is 0 Å². The van der Waals surface area contributed by atoms with Gasteiger partial charge < -0.3 is 10.1 Å².